The second-order valence-electron chi connectivity index (χ2n) is 7.99. The van der Waals surface area contributed by atoms with Crippen LogP contribution in [0.4, 0.5) is 0 Å². The van der Waals surface area contributed by atoms with Gasteiger partial charge in [-0.05, 0) is 38.2 Å². The average molecular weight is 577 g/mol. The van der Waals surface area contributed by atoms with Crippen LogP contribution in [-0.4, -0.2) is 60.0 Å². The number of H-pyrrole nitrogens is 1. The van der Waals surface area contributed by atoms with E-state index in [4.69, 9.17) is 9.47 Å². The number of guanidine groups is 1. The number of aromatic nitrogens is 1. The molecular formula is C23H37IN4O3S. The molecule has 1 aliphatic carbocycles. The smallest absolute Gasteiger partial charge is 0.191 e. The highest BCUT2D eigenvalue weighted by Gasteiger charge is 2.26. The van der Waals surface area contributed by atoms with E-state index >= 15 is 0 Å². The number of fused-ring (bicyclic) bond motifs is 1. The minimum atomic E-state index is -0.711. The molecule has 1 aliphatic rings. The maximum absolute atomic E-state index is 12.2. The van der Waals surface area contributed by atoms with Gasteiger partial charge in [-0.15, -0.1) is 24.0 Å². The monoisotopic (exact) mass is 576 g/mol. The minimum absolute atomic E-state index is 0. The van der Waals surface area contributed by atoms with Gasteiger partial charge in [-0.25, -0.2) is 0 Å². The third-order valence-corrected chi connectivity index (χ3v) is 7.69. The van der Waals surface area contributed by atoms with Gasteiger partial charge in [0.2, 0.25) is 0 Å². The Balaban J connectivity index is 0.00000363. The molecule has 0 aliphatic heterocycles. The van der Waals surface area contributed by atoms with Crippen molar-refractivity contribution in [2.75, 3.05) is 33.6 Å². The summed E-state index contributed by atoms with van der Waals surface area (Å²) >= 11 is 0. The molecule has 1 aromatic heterocycles. The fourth-order valence-corrected chi connectivity index (χ4v) is 5.63. The summed E-state index contributed by atoms with van der Waals surface area (Å²) in [6.45, 7) is 2.83. The molecule has 32 heavy (non-hydrogen) atoms. The van der Waals surface area contributed by atoms with Crippen molar-refractivity contribution in [1.82, 2.24) is 15.6 Å². The largest absolute Gasteiger partial charge is 0.497 e. The molecule has 1 heterocycles. The van der Waals surface area contributed by atoms with E-state index < -0.39 is 10.8 Å². The summed E-state index contributed by atoms with van der Waals surface area (Å²) in [5.41, 5.74) is 2.19. The van der Waals surface area contributed by atoms with Gasteiger partial charge in [0.05, 0.1) is 19.7 Å². The first kappa shape index (κ1) is 26.8. The van der Waals surface area contributed by atoms with Crippen LogP contribution in [0.3, 0.4) is 0 Å². The molecule has 0 saturated heterocycles. The highest BCUT2D eigenvalue weighted by Crippen LogP contribution is 2.31. The molecule has 9 heteroatoms. The lowest BCUT2D eigenvalue weighted by Crippen LogP contribution is -2.46. The second kappa shape index (κ2) is 13.3. The predicted molar refractivity (Wildman–Crippen MR) is 144 cm³/mol. The molecule has 1 aromatic carbocycles. The van der Waals surface area contributed by atoms with Crippen LogP contribution in [-0.2, 0) is 17.2 Å². The molecule has 0 amide bonds. The van der Waals surface area contributed by atoms with Crippen molar-refractivity contribution in [3.05, 3.63) is 23.9 Å². The third-order valence-electron chi connectivity index (χ3n) is 5.95. The number of halogens is 1. The number of hydrogen-bond donors (Lipinski definition) is 3. The molecule has 0 spiro atoms. The standard InChI is InChI=1S/C23H36N4O3S.HI/c1-5-31(28)19-10-6-8-16(12-19)27-23(24-2)25-11-7-9-17-13-20-21(26-17)14-18(29-3)15-22(20)30-4;/h13-16,19,26H,5-12H2,1-4H3,(H2,24,25,27);1H. The first-order valence-electron chi connectivity index (χ1n) is 11.2. The second-order valence-corrected chi connectivity index (χ2v) is 9.99. The summed E-state index contributed by atoms with van der Waals surface area (Å²) in [6, 6.07) is 6.39. The Labute approximate surface area is 211 Å². The number of aryl methyl sites for hydroxylation is 1. The van der Waals surface area contributed by atoms with Gasteiger partial charge in [0.25, 0.3) is 0 Å². The van der Waals surface area contributed by atoms with E-state index in [9.17, 15) is 4.21 Å². The maximum Gasteiger partial charge on any atom is 0.191 e. The van der Waals surface area contributed by atoms with Crippen molar-refractivity contribution in [2.24, 2.45) is 4.99 Å². The van der Waals surface area contributed by atoms with Crippen molar-refractivity contribution in [3.63, 3.8) is 0 Å². The maximum atomic E-state index is 12.2. The van der Waals surface area contributed by atoms with Gasteiger partial charge in [0.15, 0.2) is 5.96 Å². The average Bonchev–Trinajstić information content (AvgIpc) is 3.22. The van der Waals surface area contributed by atoms with Gasteiger partial charge in [0, 0.05) is 64.6 Å². The zero-order chi connectivity index (χ0) is 22.2. The minimum Gasteiger partial charge on any atom is -0.497 e. The van der Waals surface area contributed by atoms with Crippen LogP contribution in [0.1, 0.15) is 44.7 Å². The van der Waals surface area contributed by atoms with Gasteiger partial charge >= 0.3 is 0 Å². The van der Waals surface area contributed by atoms with E-state index in [1.54, 1.807) is 21.3 Å². The number of hydrogen-bond acceptors (Lipinski definition) is 4. The summed E-state index contributed by atoms with van der Waals surface area (Å²) in [5, 5.41) is 8.33. The molecule has 3 atom stereocenters. The molecule has 1 fully saturated rings. The molecule has 3 N–H and O–H groups in total. The van der Waals surface area contributed by atoms with Gasteiger partial charge in [-0.2, -0.15) is 0 Å². The number of rotatable bonds is 9. The van der Waals surface area contributed by atoms with Crippen LogP contribution >= 0.6 is 24.0 Å². The normalized spacial score (nSPS) is 19.8. The Kier molecular flexibility index (Phi) is 11.1. The van der Waals surface area contributed by atoms with Crippen molar-refractivity contribution < 1.29 is 13.7 Å². The third kappa shape index (κ3) is 7.00. The Morgan fingerprint density at radius 3 is 2.75 bits per heavy atom. The van der Waals surface area contributed by atoms with Crippen LogP contribution in [0.25, 0.3) is 10.9 Å². The van der Waals surface area contributed by atoms with Crippen molar-refractivity contribution in [2.45, 2.75) is 56.7 Å². The van der Waals surface area contributed by atoms with Crippen molar-refractivity contribution in [3.8, 4) is 11.5 Å². The quantitative estimate of drug-likeness (QED) is 0.182. The molecule has 2 aromatic rings. The van der Waals surface area contributed by atoms with E-state index in [1.165, 1.54) is 5.69 Å². The Morgan fingerprint density at radius 2 is 2.06 bits per heavy atom. The van der Waals surface area contributed by atoms with Crippen LogP contribution in [0.15, 0.2) is 23.2 Å². The highest BCUT2D eigenvalue weighted by atomic mass is 127. The predicted octanol–water partition coefficient (Wildman–Crippen LogP) is 3.98. The van der Waals surface area contributed by atoms with Gasteiger partial charge in [-0.3, -0.25) is 9.20 Å². The molecule has 7 nitrogen and oxygen atoms in total. The first-order chi connectivity index (χ1) is 15.1. The summed E-state index contributed by atoms with van der Waals surface area (Å²) in [7, 11) is 4.43. The molecule has 3 rings (SSSR count). The Morgan fingerprint density at radius 1 is 1.25 bits per heavy atom. The van der Waals surface area contributed by atoms with Crippen LogP contribution in [0.5, 0.6) is 11.5 Å². The van der Waals surface area contributed by atoms with Gasteiger partial charge in [0.1, 0.15) is 11.5 Å². The summed E-state index contributed by atoms with van der Waals surface area (Å²) in [5.74, 6) is 3.17. The SMILES string of the molecule is CCS(=O)C1CCCC(NC(=NC)NCCCc2cc3c(OC)cc(OC)cc3[nH]2)C1.I. The molecular weight excluding hydrogens is 539 g/mol. The van der Waals surface area contributed by atoms with E-state index in [0.29, 0.717) is 11.3 Å². The number of aliphatic imine (C=N–C) groups is 1. The van der Waals surface area contributed by atoms with E-state index in [2.05, 4.69) is 26.7 Å². The zero-order valence-corrected chi connectivity index (χ0v) is 22.7. The summed E-state index contributed by atoms with van der Waals surface area (Å²) < 4.78 is 23.0. The summed E-state index contributed by atoms with van der Waals surface area (Å²) in [4.78, 5) is 7.84. The van der Waals surface area contributed by atoms with Crippen LogP contribution in [0.2, 0.25) is 0 Å². The number of methoxy groups -OCH3 is 2. The molecule has 0 radical (unpaired) electrons. The fraction of sp³-hybridized carbons (Fsp3) is 0.609. The van der Waals surface area contributed by atoms with E-state index in [1.807, 2.05) is 19.1 Å². The van der Waals surface area contributed by atoms with Gasteiger partial charge in [-0.1, -0.05) is 13.3 Å². The molecule has 0 bridgehead atoms. The first-order valence-corrected chi connectivity index (χ1v) is 12.5. The van der Waals surface area contributed by atoms with Crippen molar-refractivity contribution in [1.29, 1.82) is 0 Å². The van der Waals surface area contributed by atoms with Crippen molar-refractivity contribution >= 4 is 51.6 Å². The highest BCUT2D eigenvalue weighted by molar-refractivity contribution is 14.0. The van der Waals surface area contributed by atoms with E-state index in [-0.39, 0.29) is 24.0 Å². The lowest BCUT2D eigenvalue weighted by atomic mass is 9.95. The lowest BCUT2D eigenvalue weighted by Gasteiger charge is -2.30. The number of nitrogens with one attached hydrogen (secondary N) is 3. The number of nitrogens with zero attached hydrogens (tertiary/aromatic N) is 1. The van der Waals surface area contributed by atoms with Crippen LogP contribution < -0.4 is 20.1 Å². The summed E-state index contributed by atoms with van der Waals surface area (Å²) in [6.07, 6.45) is 6.16. The lowest BCUT2D eigenvalue weighted by molar-refractivity contribution is 0.398. The molecule has 3 unspecified atom stereocenters. The van der Waals surface area contributed by atoms with Gasteiger partial charge < -0.3 is 25.1 Å². The van der Waals surface area contributed by atoms with Crippen LogP contribution in [0, 0.1) is 0 Å². The van der Waals surface area contributed by atoms with E-state index in [0.717, 1.165) is 79.2 Å². The topological polar surface area (TPSA) is 87.7 Å². The number of ether oxygens (including phenoxy) is 2. The number of benzene rings is 1. The molecule has 180 valence electrons. The Bertz CT molecular complexity index is 918. The molecule has 1 saturated carbocycles. The fourth-order valence-electron chi connectivity index (χ4n) is 4.28. The Hall–Kier alpha value is -1.49. The number of aromatic amines is 1. The zero-order valence-electron chi connectivity index (χ0n) is 19.5.